The van der Waals surface area contributed by atoms with Gasteiger partial charge in [0.05, 0.1) is 42.5 Å². The molecule has 12 heteroatoms. The second kappa shape index (κ2) is 12.4. The molecule has 4 aliphatic heterocycles. The second-order valence-electron chi connectivity index (χ2n) is 12.7. The molecule has 2 unspecified atom stereocenters. The van der Waals surface area contributed by atoms with Crippen LogP contribution in [0.3, 0.4) is 0 Å². The molecule has 1 amide bonds. The number of aromatic nitrogens is 2. The van der Waals surface area contributed by atoms with E-state index in [-0.39, 0.29) is 50.4 Å². The zero-order chi connectivity index (χ0) is 32.0. The van der Waals surface area contributed by atoms with Gasteiger partial charge in [-0.15, -0.1) is 0 Å². The Morgan fingerprint density at radius 2 is 2.02 bits per heavy atom. The molecule has 9 nitrogen and oxygen atoms in total. The summed E-state index contributed by atoms with van der Waals surface area (Å²) in [5, 5.41) is 12.1. The molecule has 4 aliphatic rings. The van der Waals surface area contributed by atoms with Crippen LogP contribution in [0.5, 0.6) is 6.01 Å². The highest BCUT2D eigenvalue weighted by atomic mass is 35.5. The minimum Gasteiger partial charge on any atom is -0.461 e. The van der Waals surface area contributed by atoms with Gasteiger partial charge in [-0.3, -0.25) is 9.69 Å². The van der Waals surface area contributed by atoms with Crippen LogP contribution in [0, 0.1) is 11.3 Å². The Bertz CT molecular complexity index is 1730. The van der Waals surface area contributed by atoms with Gasteiger partial charge in [-0.25, -0.2) is 8.78 Å². The van der Waals surface area contributed by atoms with Crippen LogP contribution in [-0.4, -0.2) is 82.8 Å². The number of carbonyl (C=O) groups is 1. The monoisotopic (exact) mass is 648 g/mol. The number of piperazine rings is 1. The first-order chi connectivity index (χ1) is 22.3. The Kier molecular flexibility index (Phi) is 8.30. The third-order valence-corrected chi connectivity index (χ3v) is 10.2. The number of ether oxygens (including phenoxy) is 2. The maximum Gasteiger partial charge on any atom is 0.318 e. The molecule has 240 valence electrons. The molecule has 46 heavy (non-hydrogen) atoms. The van der Waals surface area contributed by atoms with E-state index in [1.807, 2.05) is 41.3 Å². The van der Waals surface area contributed by atoms with Crippen LogP contribution >= 0.6 is 11.6 Å². The molecule has 1 aromatic heterocycles. The lowest BCUT2D eigenvalue weighted by molar-refractivity contribution is -0.131. The molecule has 3 aromatic rings. The van der Waals surface area contributed by atoms with Crippen LogP contribution in [0.4, 0.5) is 14.6 Å². The number of anilines is 1. The number of alkyl halides is 1. The first-order valence-corrected chi connectivity index (χ1v) is 16.1. The summed E-state index contributed by atoms with van der Waals surface area (Å²) in [4.78, 5) is 27.8. The number of hydrogen-bond donors (Lipinski definition) is 0. The van der Waals surface area contributed by atoms with E-state index in [0.29, 0.717) is 36.8 Å². The van der Waals surface area contributed by atoms with Crippen molar-refractivity contribution in [2.45, 2.75) is 62.6 Å². The standard InChI is InChI=1S/C34H35ClF2N6O3/c1-21(36)32(44)43-14-13-41(18-24(43)9-11-38)31-26-19-45-29(25-7-2-5-22-6-3-8-27(35)30(22)25)15-28(26)39-33(40-31)46-20-34-10-4-12-42(34)17-23(37)16-34/h2-3,5-8,23-24,29H,1,4,9-10,12-20H2/t23-,24+,29?,34?/m1/s1. The lowest BCUT2D eigenvalue weighted by Crippen LogP contribution is -2.55. The minimum absolute atomic E-state index is 0.0231. The molecule has 4 atom stereocenters. The van der Waals surface area contributed by atoms with Crippen molar-refractivity contribution in [1.82, 2.24) is 19.8 Å². The van der Waals surface area contributed by atoms with E-state index in [1.54, 1.807) is 0 Å². The third kappa shape index (κ3) is 5.57. The van der Waals surface area contributed by atoms with Crippen molar-refractivity contribution in [3.05, 3.63) is 70.6 Å². The fourth-order valence-electron chi connectivity index (χ4n) is 7.75. The Hall–Kier alpha value is -3.85. The average Bonchev–Trinajstić information content (AvgIpc) is 3.58. The lowest BCUT2D eigenvalue weighted by atomic mass is 9.94. The fraction of sp³-hybridized carbons (Fsp3) is 0.471. The van der Waals surface area contributed by atoms with Gasteiger partial charge in [0, 0.05) is 55.0 Å². The summed E-state index contributed by atoms with van der Waals surface area (Å²) in [5.41, 5.74) is 2.15. The van der Waals surface area contributed by atoms with Gasteiger partial charge in [0.2, 0.25) is 0 Å². The molecule has 0 radical (unpaired) electrons. The number of hydrogen-bond acceptors (Lipinski definition) is 8. The molecule has 0 bridgehead atoms. The SMILES string of the molecule is C=C(F)C(=O)N1CCN(c2nc(OCC34CCCN3C[C@H](F)C4)nc3c2COC(c2cccc4cccc(Cl)c24)C3)C[C@@H]1CC#N. The quantitative estimate of drug-likeness (QED) is 0.312. The van der Waals surface area contributed by atoms with E-state index < -0.39 is 23.9 Å². The van der Waals surface area contributed by atoms with Gasteiger partial charge in [-0.1, -0.05) is 48.5 Å². The van der Waals surface area contributed by atoms with E-state index in [1.165, 1.54) is 4.90 Å². The molecule has 0 aliphatic carbocycles. The lowest BCUT2D eigenvalue weighted by Gasteiger charge is -2.42. The first-order valence-electron chi connectivity index (χ1n) is 15.7. The molecule has 3 fully saturated rings. The van der Waals surface area contributed by atoms with E-state index in [2.05, 4.69) is 17.5 Å². The van der Waals surface area contributed by atoms with Crippen molar-refractivity contribution < 1.29 is 23.0 Å². The third-order valence-electron chi connectivity index (χ3n) is 9.92. The van der Waals surface area contributed by atoms with Gasteiger partial charge in [-0.2, -0.15) is 15.2 Å². The van der Waals surface area contributed by atoms with E-state index in [9.17, 15) is 18.8 Å². The number of fused-ring (bicyclic) bond motifs is 3. The van der Waals surface area contributed by atoms with E-state index in [0.717, 1.165) is 47.0 Å². The van der Waals surface area contributed by atoms with Crippen molar-refractivity contribution in [3.63, 3.8) is 0 Å². The summed E-state index contributed by atoms with van der Waals surface area (Å²) in [5.74, 6) is -1.27. The Labute approximate surface area is 271 Å². The van der Waals surface area contributed by atoms with E-state index in [4.69, 9.17) is 31.0 Å². The van der Waals surface area contributed by atoms with Gasteiger partial charge in [0.25, 0.3) is 5.91 Å². The Morgan fingerprint density at radius 3 is 2.83 bits per heavy atom. The summed E-state index contributed by atoms with van der Waals surface area (Å²) in [6, 6.07) is 13.6. The van der Waals surface area contributed by atoms with Gasteiger partial charge < -0.3 is 19.3 Å². The van der Waals surface area contributed by atoms with E-state index >= 15 is 0 Å². The zero-order valence-corrected chi connectivity index (χ0v) is 26.2. The van der Waals surface area contributed by atoms with Crippen LogP contribution in [0.1, 0.15) is 48.6 Å². The van der Waals surface area contributed by atoms with Crippen LogP contribution in [0.2, 0.25) is 5.02 Å². The molecule has 7 rings (SSSR count). The number of benzene rings is 2. The molecule has 0 N–H and O–H groups in total. The number of carbonyl (C=O) groups excluding carboxylic acids is 1. The highest BCUT2D eigenvalue weighted by molar-refractivity contribution is 6.35. The van der Waals surface area contributed by atoms with Crippen LogP contribution in [0.15, 0.2) is 48.8 Å². The smallest absolute Gasteiger partial charge is 0.318 e. The maximum absolute atomic E-state index is 14.5. The van der Waals surface area contributed by atoms with Gasteiger partial charge >= 0.3 is 6.01 Å². The highest BCUT2D eigenvalue weighted by Gasteiger charge is 2.49. The van der Waals surface area contributed by atoms with Crippen molar-refractivity contribution in [2.24, 2.45) is 0 Å². The average molecular weight is 649 g/mol. The molecule has 3 saturated heterocycles. The summed E-state index contributed by atoms with van der Waals surface area (Å²) in [7, 11) is 0. The number of nitrogens with zero attached hydrogens (tertiary/aromatic N) is 6. The van der Waals surface area contributed by atoms with Crippen molar-refractivity contribution in [1.29, 1.82) is 5.26 Å². The number of amides is 1. The van der Waals surface area contributed by atoms with Gasteiger partial charge in [0.15, 0.2) is 5.83 Å². The zero-order valence-electron chi connectivity index (χ0n) is 25.4. The van der Waals surface area contributed by atoms with Crippen LogP contribution < -0.4 is 9.64 Å². The number of rotatable bonds is 7. The molecule has 0 saturated carbocycles. The molecule has 0 spiro atoms. The molecular formula is C34H35ClF2N6O3. The largest absolute Gasteiger partial charge is 0.461 e. The summed E-state index contributed by atoms with van der Waals surface area (Å²) in [6.07, 6.45) is 1.53. The van der Waals surface area contributed by atoms with Gasteiger partial charge in [-0.05, 0) is 36.4 Å². The summed E-state index contributed by atoms with van der Waals surface area (Å²) in [6.45, 7) is 5.74. The van der Waals surface area contributed by atoms with Gasteiger partial charge in [0.1, 0.15) is 18.6 Å². The van der Waals surface area contributed by atoms with Crippen LogP contribution in [0.25, 0.3) is 10.8 Å². The Balaban J connectivity index is 1.23. The number of halogens is 3. The molecule has 2 aromatic carbocycles. The Morgan fingerprint density at radius 1 is 1.20 bits per heavy atom. The van der Waals surface area contributed by atoms with Crippen molar-refractivity contribution >= 4 is 34.1 Å². The maximum atomic E-state index is 14.5. The van der Waals surface area contributed by atoms with Crippen molar-refractivity contribution in [2.75, 3.05) is 44.2 Å². The first kappa shape index (κ1) is 30.8. The summed E-state index contributed by atoms with van der Waals surface area (Å²) >= 11 is 6.67. The molecular weight excluding hydrogens is 614 g/mol. The molecule has 5 heterocycles. The van der Waals surface area contributed by atoms with Crippen molar-refractivity contribution in [3.8, 4) is 12.1 Å². The second-order valence-corrected chi connectivity index (χ2v) is 13.1. The fourth-order valence-corrected chi connectivity index (χ4v) is 8.04. The topological polar surface area (TPSA) is 94.8 Å². The summed E-state index contributed by atoms with van der Waals surface area (Å²) < 4.78 is 41.1. The number of nitriles is 1. The minimum atomic E-state index is -1.05. The predicted molar refractivity (Wildman–Crippen MR) is 169 cm³/mol. The van der Waals surface area contributed by atoms with Crippen LogP contribution in [-0.2, 0) is 22.6 Å². The predicted octanol–water partition coefficient (Wildman–Crippen LogP) is 5.47. The normalized spacial score (nSPS) is 26.1. The highest BCUT2D eigenvalue weighted by Crippen LogP contribution is 2.42.